The maximum atomic E-state index is 12.2. The van der Waals surface area contributed by atoms with Crippen molar-refractivity contribution in [3.05, 3.63) is 29.8 Å². The molecule has 6 nitrogen and oxygen atoms in total. The van der Waals surface area contributed by atoms with Crippen LogP contribution in [0.3, 0.4) is 0 Å². The molecule has 4 saturated carbocycles. The van der Waals surface area contributed by atoms with E-state index in [0.29, 0.717) is 17.9 Å². The van der Waals surface area contributed by atoms with E-state index >= 15 is 0 Å². The van der Waals surface area contributed by atoms with Crippen LogP contribution >= 0.6 is 0 Å². The quantitative estimate of drug-likeness (QED) is 0.543. The van der Waals surface area contributed by atoms with Crippen LogP contribution in [0.1, 0.15) is 44.1 Å². The first-order valence-electron chi connectivity index (χ1n) is 10.4. The Morgan fingerprint density at radius 2 is 1.83 bits per heavy atom. The van der Waals surface area contributed by atoms with Crippen molar-refractivity contribution in [1.82, 2.24) is 5.32 Å². The van der Waals surface area contributed by atoms with E-state index in [9.17, 15) is 14.7 Å². The number of rotatable bonds is 7. The lowest BCUT2D eigenvalue weighted by Gasteiger charge is -2.56. The maximum absolute atomic E-state index is 12.2. The fourth-order valence-corrected chi connectivity index (χ4v) is 5.99. The van der Waals surface area contributed by atoms with Gasteiger partial charge in [-0.3, -0.25) is 4.79 Å². The highest BCUT2D eigenvalue weighted by atomic mass is 16.5. The van der Waals surface area contributed by atoms with Gasteiger partial charge >= 0.3 is 5.97 Å². The van der Waals surface area contributed by atoms with Crippen molar-refractivity contribution >= 4 is 18.0 Å². The van der Waals surface area contributed by atoms with Crippen molar-refractivity contribution in [2.75, 3.05) is 20.3 Å². The van der Waals surface area contributed by atoms with E-state index in [1.54, 1.807) is 18.2 Å². The highest BCUT2D eigenvalue weighted by molar-refractivity contribution is 5.89. The van der Waals surface area contributed by atoms with Crippen molar-refractivity contribution in [2.45, 2.75) is 38.5 Å². The zero-order valence-corrected chi connectivity index (χ0v) is 16.9. The number of methoxy groups -OCH3 is 1. The molecule has 1 aromatic carbocycles. The van der Waals surface area contributed by atoms with Crippen LogP contribution in [0.25, 0.3) is 6.08 Å². The molecule has 0 heterocycles. The first kappa shape index (κ1) is 19.8. The van der Waals surface area contributed by atoms with Gasteiger partial charge in [-0.2, -0.15) is 0 Å². The summed E-state index contributed by atoms with van der Waals surface area (Å²) >= 11 is 0. The van der Waals surface area contributed by atoms with Gasteiger partial charge in [0.05, 0.1) is 7.11 Å². The summed E-state index contributed by atoms with van der Waals surface area (Å²) < 4.78 is 10.1. The molecule has 0 aliphatic heterocycles. The Balaban J connectivity index is 1.22. The lowest BCUT2D eigenvalue weighted by Crippen LogP contribution is -2.51. The minimum atomic E-state index is -0.581. The summed E-state index contributed by atoms with van der Waals surface area (Å²) in [7, 11) is 1.46. The summed E-state index contributed by atoms with van der Waals surface area (Å²) in [5.41, 5.74) is 0.953. The van der Waals surface area contributed by atoms with Crippen LogP contribution in [0.4, 0.5) is 0 Å². The molecule has 156 valence electrons. The molecule has 4 bridgehead atoms. The number of carbonyl (C=O) groups is 2. The fourth-order valence-electron chi connectivity index (χ4n) is 5.99. The summed E-state index contributed by atoms with van der Waals surface area (Å²) in [6.45, 7) is 0.435. The van der Waals surface area contributed by atoms with Crippen molar-refractivity contribution in [1.29, 1.82) is 0 Å². The standard InChI is InChI=1S/C23H29NO5/c1-28-20-9-15(2-4-19(20)25)3-5-22(27)29-13-21(26)24-14-23-10-16-6-17(11-23)8-18(7-16)12-23/h2-5,9,16-18,25H,6-8,10-14H2,1H3,(H,24,26)/b5-3+. The molecule has 5 rings (SSSR count). The van der Waals surface area contributed by atoms with Crippen LogP contribution in [0.5, 0.6) is 11.5 Å². The number of phenolic OH excluding ortho intramolecular Hbond substituents is 1. The number of nitrogens with one attached hydrogen (secondary N) is 1. The summed E-state index contributed by atoms with van der Waals surface area (Å²) in [6.07, 6.45) is 10.7. The van der Waals surface area contributed by atoms with Crippen LogP contribution in [-0.4, -0.2) is 37.2 Å². The predicted octanol–water partition coefficient (Wildman–Crippen LogP) is 3.29. The van der Waals surface area contributed by atoms with E-state index in [1.165, 1.54) is 57.8 Å². The van der Waals surface area contributed by atoms with Gasteiger partial charge in [0.1, 0.15) is 0 Å². The van der Waals surface area contributed by atoms with Crippen LogP contribution in [0.15, 0.2) is 24.3 Å². The van der Waals surface area contributed by atoms with Gasteiger partial charge in [0.2, 0.25) is 0 Å². The van der Waals surface area contributed by atoms with Crippen molar-refractivity contribution in [3.63, 3.8) is 0 Å². The number of benzene rings is 1. The van der Waals surface area contributed by atoms with Gasteiger partial charge in [0.25, 0.3) is 5.91 Å². The number of amides is 1. The average Bonchev–Trinajstić information content (AvgIpc) is 2.69. The molecule has 0 saturated heterocycles. The monoisotopic (exact) mass is 399 g/mol. The Labute approximate surface area is 171 Å². The van der Waals surface area contributed by atoms with Crippen molar-refractivity contribution in [2.24, 2.45) is 23.2 Å². The number of hydrogen-bond acceptors (Lipinski definition) is 5. The highest BCUT2D eigenvalue weighted by Gasteiger charge is 2.50. The van der Waals surface area contributed by atoms with Gasteiger partial charge in [-0.05, 0) is 85.5 Å². The van der Waals surface area contributed by atoms with Gasteiger partial charge in [-0.1, -0.05) is 6.07 Å². The third-order valence-corrected chi connectivity index (χ3v) is 6.79. The van der Waals surface area contributed by atoms with E-state index in [1.807, 2.05) is 0 Å². The number of esters is 1. The number of ether oxygens (including phenoxy) is 2. The van der Waals surface area contributed by atoms with Gasteiger partial charge in [0.15, 0.2) is 18.1 Å². The molecule has 0 aromatic heterocycles. The molecule has 0 unspecified atom stereocenters. The minimum absolute atomic E-state index is 0.0305. The van der Waals surface area contributed by atoms with Gasteiger partial charge in [0, 0.05) is 12.6 Å². The third kappa shape index (κ3) is 4.57. The molecule has 2 N–H and O–H groups in total. The van der Waals surface area contributed by atoms with E-state index in [2.05, 4.69) is 5.32 Å². The second-order valence-corrected chi connectivity index (χ2v) is 9.07. The first-order chi connectivity index (χ1) is 13.9. The van der Waals surface area contributed by atoms with Gasteiger partial charge in [-0.25, -0.2) is 4.79 Å². The second kappa shape index (κ2) is 8.09. The number of hydrogen-bond donors (Lipinski definition) is 2. The molecule has 6 heteroatoms. The molecular formula is C23H29NO5. The molecule has 1 amide bonds. The summed E-state index contributed by atoms with van der Waals surface area (Å²) in [4.78, 5) is 24.1. The minimum Gasteiger partial charge on any atom is -0.504 e. The van der Waals surface area contributed by atoms with Gasteiger partial charge in [-0.15, -0.1) is 0 Å². The Morgan fingerprint density at radius 3 is 2.45 bits per heavy atom. The molecular weight excluding hydrogens is 370 g/mol. The number of carbonyl (C=O) groups excluding carboxylic acids is 2. The summed E-state index contributed by atoms with van der Waals surface area (Å²) in [6, 6.07) is 4.75. The van der Waals surface area contributed by atoms with Crippen LogP contribution in [0.2, 0.25) is 0 Å². The zero-order chi connectivity index (χ0) is 20.4. The maximum Gasteiger partial charge on any atom is 0.331 e. The Bertz CT molecular complexity index is 780. The smallest absolute Gasteiger partial charge is 0.331 e. The SMILES string of the molecule is COc1cc(/C=C/C(=O)OCC(=O)NCC23CC4CC(CC(C4)C2)C3)ccc1O. The van der Waals surface area contributed by atoms with E-state index in [4.69, 9.17) is 9.47 Å². The fraction of sp³-hybridized carbons (Fsp3) is 0.565. The number of aromatic hydroxyl groups is 1. The predicted molar refractivity (Wildman–Crippen MR) is 108 cm³/mol. The topological polar surface area (TPSA) is 84.9 Å². The van der Waals surface area contributed by atoms with Crippen LogP contribution < -0.4 is 10.1 Å². The Kier molecular flexibility index (Phi) is 5.52. The van der Waals surface area contributed by atoms with Crippen LogP contribution in [-0.2, 0) is 14.3 Å². The molecule has 4 aliphatic carbocycles. The Morgan fingerprint density at radius 1 is 1.17 bits per heavy atom. The van der Waals surface area contributed by atoms with Gasteiger partial charge < -0.3 is 19.9 Å². The number of phenols is 1. The average molecular weight is 399 g/mol. The molecule has 1 aromatic rings. The molecule has 0 spiro atoms. The van der Waals surface area contributed by atoms with Crippen LogP contribution in [0, 0.1) is 23.2 Å². The lowest BCUT2D eigenvalue weighted by molar-refractivity contribution is -0.144. The summed E-state index contributed by atoms with van der Waals surface area (Å²) in [5.74, 6) is 2.07. The Hall–Kier alpha value is -2.50. The van der Waals surface area contributed by atoms with Crippen molar-refractivity contribution in [3.8, 4) is 11.5 Å². The van der Waals surface area contributed by atoms with E-state index in [0.717, 1.165) is 17.8 Å². The zero-order valence-electron chi connectivity index (χ0n) is 16.9. The van der Waals surface area contributed by atoms with E-state index in [-0.39, 0.29) is 23.7 Å². The second-order valence-electron chi connectivity index (χ2n) is 9.07. The molecule has 4 aliphatic rings. The first-order valence-corrected chi connectivity index (χ1v) is 10.4. The molecule has 4 fully saturated rings. The largest absolute Gasteiger partial charge is 0.504 e. The highest BCUT2D eigenvalue weighted by Crippen LogP contribution is 2.59. The molecule has 0 atom stereocenters. The normalized spacial score (nSPS) is 29.8. The summed E-state index contributed by atoms with van der Waals surface area (Å²) in [5, 5.41) is 12.6. The molecule has 0 radical (unpaired) electrons. The van der Waals surface area contributed by atoms with Crippen molar-refractivity contribution < 1.29 is 24.2 Å². The van der Waals surface area contributed by atoms with E-state index < -0.39 is 5.97 Å². The lowest BCUT2D eigenvalue weighted by atomic mass is 9.49. The molecule has 29 heavy (non-hydrogen) atoms. The third-order valence-electron chi connectivity index (χ3n) is 6.79.